The molecule has 6 nitrogen and oxygen atoms in total. The highest BCUT2D eigenvalue weighted by Crippen LogP contribution is 2.46. The lowest BCUT2D eigenvalue weighted by Crippen LogP contribution is -2.46. The first-order valence-corrected chi connectivity index (χ1v) is 6.57. The van der Waals surface area contributed by atoms with Gasteiger partial charge in [-0.2, -0.15) is 0 Å². The standard InChI is InChI=1S/C15H16O6/c1-15(2,17)11-7-19-14-10(18-3)6-9-8(13(14)21-11)4-5-12(16)20-9/h4-6,11,17H,7H2,1-3H3/t11-/m1/s1. The second kappa shape index (κ2) is 4.66. The van der Waals surface area contributed by atoms with Crippen LogP contribution >= 0.6 is 0 Å². The Morgan fingerprint density at radius 3 is 2.76 bits per heavy atom. The fourth-order valence-electron chi connectivity index (χ4n) is 2.23. The number of hydrogen-bond donors (Lipinski definition) is 1. The number of fused-ring (bicyclic) bond motifs is 3. The Balaban J connectivity index is 2.22. The van der Waals surface area contributed by atoms with Gasteiger partial charge in [0.1, 0.15) is 12.2 Å². The van der Waals surface area contributed by atoms with Crippen molar-refractivity contribution >= 4 is 11.0 Å². The van der Waals surface area contributed by atoms with Gasteiger partial charge in [-0.25, -0.2) is 4.79 Å². The van der Waals surface area contributed by atoms with Gasteiger partial charge < -0.3 is 23.7 Å². The van der Waals surface area contributed by atoms with Gasteiger partial charge in [0.15, 0.2) is 17.6 Å². The molecule has 3 rings (SSSR count). The molecule has 2 heterocycles. The summed E-state index contributed by atoms with van der Waals surface area (Å²) >= 11 is 0. The van der Waals surface area contributed by atoms with Crippen LogP contribution in [0.5, 0.6) is 17.2 Å². The van der Waals surface area contributed by atoms with E-state index < -0.39 is 17.3 Å². The maximum atomic E-state index is 11.4. The normalized spacial score (nSPS) is 17.8. The topological polar surface area (TPSA) is 78.1 Å². The summed E-state index contributed by atoms with van der Waals surface area (Å²) in [6.45, 7) is 3.50. The smallest absolute Gasteiger partial charge is 0.336 e. The van der Waals surface area contributed by atoms with Crippen molar-refractivity contribution in [3.8, 4) is 17.2 Å². The molecule has 2 aromatic rings. The van der Waals surface area contributed by atoms with Crippen LogP contribution in [-0.2, 0) is 0 Å². The molecule has 1 aromatic carbocycles. The van der Waals surface area contributed by atoms with E-state index in [1.54, 1.807) is 26.0 Å². The van der Waals surface area contributed by atoms with Crippen LogP contribution in [0, 0.1) is 0 Å². The number of hydrogen-bond acceptors (Lipinski definition) is 6. The number of rotatable bonds is 2. The molecular weight excluding hydrogens is 276 g/mol. The van der Waals surface area contributed by atoms with Crippen LogP contribution in [0.4, 0.5) is 0 Å². The Kier molecular flexibility index (Phi) is 3.06. The molecule has 21 heavy (non-hydrogen) atoms. The second-order valence-electron chi connectivity index (χ2n) is 5.47. The van der Waals surface area contributed by atoms with Crippen LogP contribution in [0.3, 0.4) is 0 Å². The van der Waals surface area contributed by atoms with E-state index in [4.69, 9.17) is 18.6 Å². The molecule has 1 N–H and O–H groups in total. The van der Waals surface area contributed by atoms with Crippen LogP contribution in [0.1, 0.15) is 13.8 Å². The molecule has 0 spiro atoms. The Hall–Kier alpha value is -2.21. The van der Waals surface area contributed by atoms with Crippen LogP contribution in [0.25, 0.3) is 11.0 Å². The lowest BCUT2D eigenvalue weighted by atomic mass is 10.0. The third-order valence-corrected chi connectivity index (χ3v) is 3.45. The van der Waals surface area contributed by atoms with Crippen LogP contribution in [-0.4, -0.2) is 30.5 Å². The zero-order valence-electron chi connectivity index (χ0n) is 12.0. The van der Waals surface area contributed by atoms with Gasteiger partial charge in [0.2, 0.25) is 5.75 Å². The van der Waals surface area contributed by atoms with E-state index >= 15 is 0 Å². The summed E-state index contributed by atoms with van der Waals surface area (Å²) in [5.41, 5.74) is -1.18. The zero-order valence-corrected chi connectivity index (χ0v) is 12.0. The average molecular weight is 292 g/mol. The highest BCUT2D eigenvalue weighted by molar-refractivity contribution is 5.89. The third kappa shape index (κ3) is 2.31. The summed E-state index contributed by atoms with van der Waals surface area (Å²) in [7, 11) is 1.49. The van der Waals surface area contributed by atoms with Crippen molar-refractivity contribution < 1.29 is 23.7 Å². The van der Waals surface area contributed by atoms with E-state index in [0.717, 1.165) is 0 Å². The molecule has 0 saturated heterocycles. The van der Waals surface area contributed by atoms with E-state index in [0.29, 0.717) is 28.2 Å². The first kappa shape index (κ1) is 13.8. The van der Waals surface area contributed by atoms with Crippen LogP contribution in [0.15, 0.2) is 27.4 Å². The van der Waals surface area contributed by atoms with Crippen molar-refractivity contribution in [2.75, 3.05) is 13.7 Å². The molecule has 0 saturated carbocycles. The summed E-state index contributed by atoms with van der Waals surface area (Å²) in [6, 6.07) is 4.51. The van der Waals surface area contributed by atoms with Crippen molar-refractivity contribution in [2.24, 2.45) is 0 Å². The number of methoxy groups -OCH3 is 1. The predicted molar refractivity (Wildman–Crippen MR) is 75.2 cm³/mol. The van der Waals surface area contributed by atoms with Gasteiger partial charge in [-0.3, -0.25) is 0 Å². The maximum absolute atomic E-state index is 11.4. The average Bonchev–Trinajstić information content (AvgIpc) is 2.44. The second-order valence-corrected chi connectivity index (χ2v) is 5.47. The van der Waals surface area contributed by atoms with E-state index in [9.17, 15) is 9.90 Å². The first-order valence-electron chi connectivity index (χ1n) is 6.57. The molecule has 6 heteroatoms. The summed E-state index contributed by atoms with van der Waals surface area (Å²) in [4.78, 5) is 11.4. The first-order chi connectivity index (χ1) is 9.90. The fraction of sp³-hybridized carbons (Fsp3) is 0.400. The highest BCUT2D eigenvalue weighted by Gasteiger charge is 2.36. The zero-order chi connectivity index (χ0) is 15.2. The van der Waals surface area contributed by atoms with Crippen molar-refractivity contribution in [3.05, 3.63) is 28.6 Å². The Morgan fingerprint density at radius 1 is 1.33 bits per heavy atom. The Morgan fingerprint density at radius 2 is 2.10 bits per heavy atom. The maximum Gasteiger partial charge on any atom is 0.336 e. The molecule has 0 amide bonds. The minimum absolute atomic E-state index is 0.204. The lowest BCUT2D eigenvalue weighted by Gasteiger charge is -2.34. The quantitative estimate of drug-likeness (QED) is 0.849. The minimum atomic E-state index is -1.07. The highest BCUT2D eigenvalue weighted by atomic mass is 16.6. The van der Waals surface area contributed by atoms with Crippen LogP contribution in [0.2, 0.25) is 0 Å². The molecule has 0 unspecified atom stereocenters. The minimum Gasteiger partial charge on any atom is -0.493 e. The monoisotopic (exact) mass is 292 g/mol. The molecular formula is C15H16O6. The molecule has 0 fully saturated rings. The fourth-order valence-corrected chi connectivity index (χ4v) is 2.23. The molecule has 112 valence electrons. The summed E-state index contributed by atoms with van der Waals surface area (Å²) < 4.78 is 22.0. The van der Waals surface area contributed by atoms with E-state index in [-0.39, 0.29) is 6.61 Å². The van der Waals surface area contributed by atoms with Gasteiger partial charge in [0, 0.05) is 12.1 Å². The summed E-state index contributed by atoms with van der Waals surface area (Å²) in [5.74, 6) is 1.27. The van der Waals surface area contributed by atoms with Gasteiger partial charge >= 0.3 is 5.63 Å². The van der Waals surface area contributed by atoms with E-state index in [1.165, 1.54) is 13.2 Å². The van der Waals surface area contributed by atoms with Crippen molar-refractivity contribution in [3.63, 3.8) is 0 Å². The molecule has 1 aliphatic rings. The van der Waals surface area contributed by atoms with Gasteiger partial charge in [0.25, 0.3) is 0 Å². The van der Waals surface area contributed by atoms with Crippen molar-refractivity contribution in [2.45, 2.75) is 25.6 Å². The molecule has 0 aliphatic carbocycles. The number of ether oxygens (including phenoxy) is 3. The van der Waals surface area contributed by atoms with Crippen molar-refractivity contribution in [1.82, 2.24) is 0 Å². The van der Waals surface area contributed by atoms with Gasteiger partial charge in [-0.1, -0.05) is 0 Å². The van der Waals surface area contributed by atoms with Gasteiger partial charge in [0.05, 0.1) is 18.1 Å². The Bertz CT molecular complexity index is 740. The molecule has 0 bridgehead atoms. The summed E-state index contributed by atoms with van der Waals surface area (Å²) in [5, 5.41) is 10.7. The van der Waals surface area contributed by atoms with Crippen LogP contribution < -0.4 is 19.8 Å². The molecule has 0 radical (unpaired) electrons. The van der Waals surface area contributed by atoms with Gasteiger partial charge in [-0.15, -0.1) is 0 Å². The molecule has 1 aliphatic heterocycles. The van der Waals surface area contributed by atoms with Gasteiger partial charge in [-0.05, 0) is 19.9 Å². The molecule has 1 atom stereocenters. The Labute approximate surface area is 120 Å². The lowest BCUT2D eigenvalue weighted by molar-refractivity contribution is -0.0650. The SMILES string of the molecule is COc1cc2oc(=O)ccc2c2c1OC[C@H](C(C)(C)O)O2. The van der Waals surface area contributed by atoms with Crippen molar-refractivity contribution in [1.29, 1.82) is 0 Å². The number of aliphatic hydroxyl groups is 1. The predicted octanol–water partition coefficient (Wildman–Crippen LogP) is 1.71. The summed E-state index contributed by atoms with van der Waals surface area (Å²) in [6.07, 6.45) is -0.535. The van der Waals surface area contributed by atoms with E-state index in [1.807, 2.05) is 0 Å². The van der Waals surface area contributed by atoms with E-state index in [2.05, 4.69) is 0 Å². The largest absolute Gasteiger partial charge is 0.493 e. The third-order valence-electron chi connectivity index (χ3n) is 3.45. The number of benzene rings is 1. The molecule has 1 aromatic heterocycles.